The van der Waals surface area contributed by atoms with Crippen molar-refractivity contribution in [3.8, 4) is 5.75 Å². The lowest BCUT2D eigenvalue weighted by molar-refractivity contribution is 0.208. The summed E-state index contributed by atoms with van der Waals surface area (Å²) in [7, 11) is 0. The van der Waals surface area contributed by atoms with Gasteiger partial charge in [0.15, 0.2) is 0 Å². The molecule has 0 radical (unpaired) electrons. The molecule has 0 fully saturated rings. The number of hydrogen-bond donors (Lipinski definition) is 3. The molecule has 0 aromatic heterocycles. The molecule has 0 saturated heterocycles. The van der Waals surface area contributed by atoms with Crippen molar-refractivity contribution in [1.29, 1.82) is 0 Å². The van der Waals surface area contributed by atoms with Gasteiger partial charge in [0, 0.05) is 24.6 Å². The molecular weight excluding hydrogens is 304 g/mol. The molecule has 0 bridgehead atoms. The summed E-state index contributed by atoms with van der Waals surface area (Å²) in [6.45, 7) is 4.61. The Morgan fingerprint density at radius 3 is 2.95 bits per heavy atom. The van der Waals surface area contributed by atoms with Gasteiger partial charge in [0.05, 0.1) is 17.7 Å². The molecule has 1 aliphatic rings. The Morgan fingerprint density at radius 1 is 1.50 bits per heavy atom. The first-order valence-corrected chi connectivity index (χ1v) is 7.99. The van der Waals surface area contributed by atoms with E-state index in [4.69, 9.17) is 21.4 Å². The number of carbonyl (C=O) groups is 1. The Labute approximate surface area is 136 Å². The number of aliphatic hydroxyl groups excluding tert-OH is 1. The summed E-state index contributed by atoms with van der Waals surface area (Å²) in [6, 6.07) is 5.14. The van der Waals surface area contributed by atoms with Gasteiger partial charge in [0.2, 0.25) is 0 Å². The monoisotopic (exact) mass is 326 g/mol. The smallest absolute Gasteiger partial charge is 0.315 e. The minimum absolute atomic E-state index is 0.0522. The van der Waals surface area contributed by atoms with Crippen LogP contribution in [-0.4, -0.2) is 30.4 Å². The molecule has 1 aromatic rings. The topological polar surface area (TPSA) is 70.6 Å². The maximum absolute atomic E-state index is 12.2. The van der Waals surface area contributed by atoms with Crippen molar-refractivity contribution in [1.82, 2.24) is 10.6 Å². The Kier molecular flexibility index (Phi) is 5.91. The first-order chi connectivity index (χ1) is 10.5. The molecule has 6 heteroatoms. The molecule has 2 rings (SSSR count). The van der Waals surface area contributed by atoms with E-state index < -0.39 is 0 Å². The van der Waals surface area contributed by atoms with E-state index in [1.165, 1.54) is 0 Å². The third-order valence-corrected chi connectivity index (χ3v) is 4.19. The van der Waals surface area contributed by atoms with Crippen LogP contribution in [0.3, 0.4) is 0 Å². The maximum atomic E-state index is 12.2. The second-order valence-electron chi connectivity index (χ2n) is 5.83. The van der Waals surface area contributed by atoms with E-state index in [1.807, 2.05) is 26.0 Å². The molecule has 22 heavy (non-hydrogen) atoms. The lowest BCUT2D eigenvalue weighted by Gasteiger charge is -2.29. The van der Waals surface area contributed by atoms with Crippen molar-refractivity contribution in [2.75, 3.05) is 13.2 Å². The van der Waals surface area contributed by atoms with E-state index in [2.05, 4.69) is 10.6 Å². The highest BCUT2D eigenvalue weighted by molar-refractivity contribution is 6.32. The summed E-state index contributed by atoms with van der Waals surface area (Å²) in [5.41, 5.74) is 0.900. The first-order valence-electron chi connectivity index (χ1n) is 7.62. The van der Waals surface area contributed by atoms with E-state index >= 15 is 0 Å². The number of carbonyl (C=O) groups excluding carboxylic acids is 1. The number of halogens is 1. The summed E-state index contributed by atoms with van der Waals surface area (Å²) in [5.74, 6) is 0.908. The number of urea groups is 1. The number of nitrogens with one attached hydrogen (secondary N) is 2. The summed E-state index contributed by atoms with van der Waals surface area (Å²) in [4.78, 5) is 12.2. The van der Waals surface area contributed by atoms with Crippen molar-refractivity contribution in [3.05, 3.63) is 28.8 Å². The number of rotatable bonds is 5. The number of aliphatic hydroxyl groups is 1. The molecule has 0 aliphatic carbocycles. The number of hydrogen-bond acceptors (Lipinski definition) is 3. The molecule has 2 atom stereocenters. The fraction of sp³-hybridized carbons (Fsp3) is 0.562. The third-order valence-electron chi connectivity index (χ3n) is 3.89. The fourth-order valence-corrected chi connectivity index (χ4v) is 2.85. The standard InChI is InChI=1S/C16H23ClN2O3/c1-10(2)13(6-8-20)18-16(21)19-14-7-9-22-15-11(14)4-3-5-12(15)17/h3-5,10,13-14,20H,6-9H2,1-2H3,(H2,18,19,21). The molecule has 1 aromatic carbocycles. The Hall–Kier alpha value is -1.46. The molecule has 3 N–H and O–H groups in total. The zero-order valence-corrected chi connectivity index (χ0v) is 13.7. The van der Waals surface area contributed by atoms with Crippen LogP contribution in [-0.2, 0) is 0 Å². The molecule has 1 heterocycles. The van der Waals surface area contributed by atoms with Gasteiger partial charge in [-0.2, -0.15) is 0 Å². The molecule has 122 valence electrons. The van der Waals surface area contributed by atoms with Crippen LogP contribution in [0.5, 0.6) is 5.75 Å². The number of para-hydroxylation sites is 1. The number of benzene rings is 1. The number of ether oxygens (including phenoxy) is 1. The van der Waals surface area contributed by atoms with E-state index in [1.54, 1.807) is 6.07 Å². The summed E-state index contributed by atoms with van der Waals surface area (Å²) in [5, 5.41) is 15.5. The third kappa shape index (κ3) is 4.05. The summed E-state index contributed by atoms with van der Waals surface area (Å²) >= 11 is 6.13. The molecule has 2 unspecified atom stereocenters. The highest BCUT2D eigenvalue weighted by Crippen LogP contribution is 2.37. The molecule has 0 spiro atoms. The van der Waals surface area contributed by atoms with Crippen molar-refractivity contribution >= 4 is 17.6 Å². The normalized spacial score (nSPS) is 18.3. The van der Waals surface area contributed by atoms with Gasteiger partial charge < -0.3 is 20.5 Å². The quantitative estimate of drug-likeness (QED) is 0.779. The average Bonchev–Trinajstić information content (AvgIpc) is 2.48. The van der Waals surface area contributed by atoms with E-state index in [9.17, 15) is 4.79 Å². The van der Waals surface area contributed by atoms with E-state index in [0.717, 1.165) is 5.56 Å². The molecule has 1 aliphatic heterocycles. The van der Waals surface area contributed by atoms with Crippen LogP contribution < -0.4 is 15.4 Å². The van der Waals surface area contributed by atoms with Gasteiger partial charge >= 0.3 is 6.03 Å². The van der Waals surface area contributed by atoms with Crippen LogP contribution >= 0.6 is 11.6 Å². The Balaban J connectivity index is 2.03. The van der Waals surface area contributed by atoms with Crippen LogP contribution in [0, 0.1) is 5.92 Å². The van der Waals surface area contributed by atoms with Gasteiger partial charge in [-0.15, -0.1) is 0 Å². The van der Waals surface area contributed by atoms with Gasteiger partial charge in [0.1, 0.15) is 5.75 Å². The zero-order chi connectivity index (χ0) is 16.1. The average molecular weight is 327 g/mol. The molecule has 0 saturated carbocycles. The van der Waals surface area contributed by atoms with Crippen LogP contribution in [0.1, 0.15) is 38.3 Å². The maximum Gasteiger partial charge on any atom is 0.315 e. The van der Waals surface area contributed by atoms with Crippen LogP contribution in [0.4, 0.5) is 4.79 Å². The zero-order valence-electron chi connectivity index (χ0n) is 12.9. The molecule has 5 nitrogen and oxygen atoms in total. The molecular formula is C16H23ClN2O3. The van der Waals surface area contributed by atoms with Crippen molar-refractivity contribution in [2.24, 2.45) is 5.92 Å². The van der Waals surface area contributed by atoms with Crippen molar-refractivity contribution < 1.29 is 14.6 Å². The lowest BCUT2D eigenvalue weighted by Crippen LogP contribution is -2.46. The highest BCUT2D eigenvalue weighted by Gasteiger charge is 2.25. The SMILES string of the molecule is CC(C)C(CCO)NC(=O)NC1CCOc2c(Cl)cccc21. The number of amides is 2. The minimum Gasteiger partial charge on any atom is -0.492 e. The predicted octanol–water partition coefficient (Wildman–Crippen LogP) is 2.87. The van der Waals surface area contributed by atoms with Crippen molar-refractivity contribution in [2.45, 2.75) is 38.8 Å². The lowest BCUT2D eigenvalue weighted by atomic mass is 10.00. The Morgan fingerprint density at radius 2 is 2.27 bits per heavy atom. The summed E-state index contributed by atoms with van der Waals surface area (Å²) < 4.78 is 5.59. The van der Waals surface area contributed by atoms with Gasteiger partial charge in [-0.05, 0) is 18.4 Å². The predicted molar refractivity (Wildman–Crippen MR) is 86.3 cm³/mol. The van der Waals surface area contributed by atoms with Crippen LogP contribution in [0.2, 0.25) is 5.02 Å². The first kappa shape index (κ1) is 16.9. The van der Waals surface area contributed by atoms with Gasteiger partial charge in [-0.3, -0.25) is 0 Å². The number of fused-ring (bicyclic) bond motifs is 1. The second-order valence-corrected chi connectivity index (χ2v) is 6.24. The highest BCUT2D eigenvalue weighted by atomic mass is 35.5. The van der Waals surface area contributed by atoms with Gasteiger partial charge in [0.25, 0.3) is 0 Å². The fourth-order valence-electron chi connectivity index (χ4n) is 2.62. The molecule has 2 amide bonds. The van der Waals surface area contributed by atoms with Crippen LogP contribution in [0.15, 0.2) is 18.2 Å². The van der Waals surface area contributed by atoms with Crippen molar-refractivity contribution in [3.63, 3.8) is 0 Å². The van der Waals surface area contributed by atoms with Gasteiger partial charge in [-0.1, -0.05) is 37.6 Å². The van der Waals surface area contributed by atoms with E-state index in [0.29, 0.717) is 30.2 Å². The van der Waals surface area contributed by atoms with Crippen LogP contribution in [0.25, 0.3) is 0 Å². The largest absolute Gasteiger partial charge is 0.492 e. The Bertz CT molecular complexity index is 522. The minimum atomic E-state index is -0.232. The van der Waals surface area contributed by atoms with E-state index in [-0.39, 0.29) is 30.6 Å². The second kappa shape index (κ2) is 7.70. The summed E-state index contributed by atoms with van der Waals surface area (Å²) in [6.07, 6.45) is 1.24. The van der Waals surface area contributed by atoms with Gasteiger partial charge in [-0.25, -0.2) is 4.79 Å².